The average Bonchev–Trinajstić information content (AvgIpc) is 3.33. The van der Waals surface area contributed by atoms with Gasteiger partial charge in [-0.25, -0.2) is 4.98 Å². The molecule has 5 rings (SSSR count). The smallest absolute Gasteiger partial charge is 0.231 e. The summed E-state index contributed by atoms with van der Waals surface area (Å²) in [6.45, 7) is 2.27. The van der Waals surface area contributed by atoms with Crippen LogP contribution in [-0.2, 0) is 0 Å². The molecule has 3 aromatic carbocycles. The normalized spacial score (nSPS) is 12.9. The van der Waals surface area contributed by atoms with Crippen molar-refractivity contribution < 1.29 is 13.9 Å². The van der Waals surface area contributed by atoms with E-state index in [0.717, 1.165) is 49.4 Å². The lowest BCUT2D eigenvalue weighted by molar-refractivity contribution is 0.174. The number of para-hydroxylation sites is 1. The van der Waals surface area contributed by atoms with Gasteiger partial charge in [0.15, 0.2) is 17.1 Å². The quantitative estimate of drug-likeness (QED) is 0.368. The third-order valence-corrected chi connectivity index (χ3v) is 5.25. The SMILES string of the molecule is Cc1cccc2oc(-c3cccc(N=Cc4cc5c(cc4Br)OCO5)c3)nc12. The topological polar surface area (TPSA) is 56.9 Å². The van der Waals surface area contributed by atoms with Crippen LogP contribution in [0.1, 0.15) is 11.1 Å². The summed E-state index contributed by atoms with van der Waals surface area (Å²) in [5.41, 5.74) is 5.36. The van der Waals surface area contributed by atoms with Crippen molar-refractivity contribution in [3.63, 3.8) is 0 Å². The number of hydrogen-bond acceptors (Lipinski definition) is 5. The van der Waals surface area contributed by atoms with Crippen LogP contribution in [0.2, 0.25) is 0 Å². The Morgan fingerprint density at radius 2 is 1.86 bits per heavy atom. The van der Waals surface area contributed by atoms with Gasteiger partial charge in [0, 0.05) is 21.8 Å². The number of aryl methyl sites for hydroxylation is 1. The van der Waals surface area contributed by atoms with E-state index in [1.54, 1.807) is 6.21 Å². The first-order chi connectivity index (χ1) is 13.7. The van der Waals surface area contributed by atoms with E-state index in [1.807, 2.05) is 61.5 Å². The molecule has 28 heavy (non-hydrogen) atoms. The van der Waals surface area contributed by atoms with E-state index in [1.165, 1.54) is 0 Å². The second-order valence-corrected chi connectivity index (χ2v) is 7.33. The van der Waals surface area contributed by atoms with Crippen LogP contribution in [0.5, 0.6) is 11.5 Å². The van der Waals surface area contributed by atoms with Crippen molar-refractivity contribution in [1.29, 1.82) is 0 Å². The molecule has 1 aromatic heterocycles. The molecule has 1 aliphatic heterocycles. The zero-order chi connectivity index (χ0) is 19.1. The van der Waals surface area contributed by atoms with Crippen LogP contribution >= 0.6 is 15.9 Å². The Morgan fingerprint density at radius 3 is 2.71 bits per heavy atom. The van der Waals surface area contributed by atoms with E-state index in [-0.39, 0.29) is 6.79 Å². The van der Waals surface area contributed by atoms with E-state index in [0.29, 0.717) is 5.89 Å². The van der Waals surface area contributed by atoms with Crippen LogP contribution in [0.15, 0.2) is 68.5 Å². The summed E-state index contributed by atoms with van der Waals surface area (Å²) in [6.07, 6.45) is 1.79. The maximum atomic E-state index is 5.92. The summed E-state index contributed by atoms with van der Waals surface area (Å²) >= 11 is 3.55. The second-order valence-electron chi connectivity index (χ2n) is 6.48. The van der Waals surface area contributed by atoms with Crippen LogP contribution in [0, 0.1) is 6.92 Å². The van der Waals surface area contributed by atoms with Gasteiger partial charge in [-0.3, -0.25) is 4.99 Å². The van der Waals surface area contributed by atoms with Crippen LogP contribution in [0.25, 0.3) is 22.6 Å². The van der Waals surface area contributed by atoms with Crippen LogP contribution in [0.3, 0.4) is 0 Å². The number of fused-ring (bicyclic) bond motifs is 2. The number of aromatic nitrogens is 1. The predicted octanol–water partition coefficient (Wildman–Crippen LogP) is 6.05. The Balaban J connectivity index is 1.47. The van der Waals surface area contributed by atoms with E-state index >= 15 is 0 Å². The van der Waals surface area contributed by atoms with Gasteiger partial charge in [-0.2, -0.15) is 0 Å². The molecule has 0 N–H and O–H groups in total. The highest BCUT2D eigenvalue weighted by Gasteiger charge is 2.15. The largest absolute Gasteiger partial charge is 0.454 e. The average molecular weight is 435 g/mol. The van der Waals surface area contributed by atoms with Gasteiger partial charge < -0.3 is 13.9 Å². The molecule has 1 aliphatic rings. The molecule has 0 bridgehead atoms. The van der Waals surface area contributed by atoms with Crippen LogP contribution < -0.4 is 9.47 Å². The van der Waals surface area contributed by atoms with Crippen molar-refractivity contribution in [2.45, 2.75) is 6.92 Å². The van der Waals surface area contributed by atoms with Crippen molar-refractivity contribution in [3.05, 3.63) is 70.2 Å². The summed E-state index contributed by atoms with van der Waals surface area (Å²) in [5.74, 6) is 2.04. The number of benzene rings is 3. The van der Waals surface area contributed by atoms with Gasteiger partial charge in [0.2, 0.25) is 12.7 Å². The molecule has 2 heterocycles. The van der Waals surface area contributed by atoms with E-state index in [2.05, 4.69) is 25.9 Å². The molecular weight excluding hydrogens is 420 g/mol. The molecule has 0 saturated heterocycles. The maximum absolute atomic E-state index is 5.92. The first-order valence-corrected chi connectivity index (χ1v) is 9.56. The van der Waals surface area contributed by atoms with Gasteiger partial charge in [-0.15, -0.1) is 0 Å². The number of nitrogens with zero attached hydrogens (tertiary/aromatic N) is 2. The molecule has 0 radical (unpaired) electrons. The van der Waals surface area contributed by atoms with Crippen LogP contribution in [0.4, 0.5) is 5.69 Å². The standard InChI is InChI=1S/C22H15BrN2O3/c1-13-4-2-7-18-21(13)25-22(28-18)14-5-3-6-16(8-14)24-11-15-9-19-20(10-17(15)23)27-12-26-19/h2-11H,12H2,1H3. The number of ether oxygens (including phenoxy) is 2. The van der Waals surface area contributed by atoms with Crippen molar-refractivity contribution >= 4 is 38.9 Å². The van der Waals surface area contributed by atoms with Crippen molar-refractivity contribution in [1.82, 2.24) is 4.98 Å². The van der Waals surface area contributed by atoms with Gasteiger partial charge in [-0.05, 0) is 64.8 Å². The van der Waals surface area contributed by atoms with Crippen molar-refractivity contribution in [3.8, 4) is 23.0 Å². The van der Waals surface area contributed by atoms with Gasteiger partial charge in [0.05, 0.1) is 5.69 Å². The lowest BCUT2D eigenvalue weighted by atomic mass is 10.2. The molecule has 0 unspecified atom stereocenters. The Morgan fingerprint density at radius 1 is 1.04 bits per heavy atom. The molecule has 4 aromatic rings. The summed E-state index contributed by atoms with van der Waals surface area (Å²) < 4.78 is 17.6. The number of aliphatic imine (C=N–C) groups is 1. The molecule has 0 aliphatic carbocycles. The molecule has 0 amide bonds. The van der Waals surface area contributed by atoms with Gasteiger partial charge in [0.1, 0.15) is 5.52 Å². The Bertz CT molecular complexity index is 1230. The third-order valence-electron chi connectivity index (χ3n) is 4.56. The second kappa shape index (κ2) is 6.80. The molecule has 0 saturated carbocycles. The minimum Gasteiger partial charge on any atom is -0.454 e. The fourth-order valence-electron chi connectivity index (χ4n) is 3.10. The molecule has 0 spiro atoms. The fourth-order valence-corrected chi connectivity index (χ4v) is 3.53. The zero-order valence-electron chi connectivity index (χ0n) is 15.0. The lowest BCUT2D eigenvalue weighted by Gasteiger charge is -2.02. The first kappa shape index (κ1) is 17.0. The minimum absolute atomic E-state index is 0.244. The number of oxazole rings is 1. The molecule has 138 valence electrons. The summed E-state index contributed by atoms with van der Waals surface area (Å²) in [5, 5.41) is 0. The molecule has 0 fully saturated rings. The number of rotatable bonds is 3. The highest BCUT2D eigenvalue weighted by Crippen LogP contribution is 2.36. The summed E-state index contributed by atoms with van der Waals surface area (Å²) in [4.78, 5) is 9.24. The summed E-state index contributed by atoms with van der Waals surface area (Å²) in [6, 6.07) is 17.5. The fraction of sp³-hybridized carbons (Fsp3) is 0.0909. The van der Waals surface area contributed by atoms with Gasteiger partial charge in [0.25, 0.3) is 0 Å². The first-order valence-electron chi connectivity index (χ1n) is 8.77. The molecule has 0 atom stereocenters. The highest BCUT2D eigenvalue weighted by molar-refractivity contribution is 9.10. The van der Waals surface area contributed by atoms with E-state index in [4.69, 9.17) is 13.9 Å². The third kappa shape index (κ3) is 3.05. The lowest BCUT2D eigenvalue weighted by Crippen LogP contribution is -1.92. The monoisotopic (exact) mass is 434 g/mol. The van der Waals surface area contributed by atoms with Crippen molar-refractivity contribution in [2.75, 3.05) is 6.79 Å². The Kier molecular flexibility index (Phi) is 4.13. The zero-order valence-corrected chi connectivity index (χ0v) is 16.6. The predicted molar refractivity (Wildman–Crippen MR) is 112 cm³/mol. The highest BCUT2D eigenvalue weighted by atomic mass is 79.9. The maximum Gasteiger partial charge on any atom is 0.231 e. The Labute approximate surface area is 169 Å². The molecule has 5 nitrogen and oxygen atoms in total. The van der Waals surface area contributed by atoms with Gasteiger partial charge in [-0.1, -0.05) is 18.2 Å². The Hall–Kier alpha value is -3.12. The van der Waals surface area contributed by atoms with Crippen molar-refractivity contribution in [2.24, 2.45) is 4.99 Å². The van der Waals surface area contributed by atoms with Gasteiger partial charge >= 0.3 is 0 Å². The summed E-state index contributed by atoms with van der Waals surface area (Å²) in [7, 11) is 0. The molecule has 6 heteroatoms. The van der Waals surface area contributed by atoms with E-state index in [9.17, 15) is 0 Å². The number of hydrogen-bond donors (Lipinski definition) is 0. The number of halogens is 1. The van der Waals surface area contributed by atoms with E-state index < -0.39 is 0 Å². The van der Waals surface area contributed by atoms with Crippen LogP contribution in [-0.4, -0.2) is 18.0 Å². The minimum atomic E-state index is 0.244. The molecular formula is C22H15BrN2O3.